The molecular weight excluding hydrogens is 318 g/mol. The van der Waals surface area contributed by atoms with Gasteiger partial charge in [-0.2, -0.15) is 5.26 Å². The van der Waals surface area contributed by atoms with Crippen LogP contribution in [-0.2, 0) is 0 Å². The van der Waals surface area contributed by atoms with Crippen molar-refractivity contribution >= 4 is 23.0 Å². The van der Waals surface area contributed by atoms with E-state index in [9.17, 15) is 0 Å². The lowest BCUT2D eigenvalue weighted by Crippen LogP contribution is -1.98. The summed E-state index contributed by atoms with van der Waals surface area (Å²) in [5.74, 6) is 2.72. The van der Waals surface area contributed by atoms with E-state index in [1.807, 2.05) is 30.3 Å². The van der Waals surface area contributed by atoms with Crippen LogP contribution < -0.4 is 20.1 Å². The van der Waals surface area contributed by atoms with Gasteiger partial charge in [-0.25, -0.2) is 9.97 Å². The highest BCUT2D eigenvalue weighted by Crippen LogP contribution is 2.35. The van der Waals surface area contributed by atoms with E-state index in [0.717, 1.165) is 17.1 Å². The zero-order chi connectivity index (χ0) is 17.1. The Balaban J connectivity index is 1.50. The molecule has 25 heavy (non-hydrogen) atoms. The van der Waals surface area contributed by atoms with Gasteiger partial charge in [-0.1, -0.05) is 0 Å². The maximum Gasteiger partial charge on any atom is 0.231 e. The van der Waals surface area contributed by atoms with Crippen molar-refractivity contribution in [1.82, 2.24) is 9.97 Å². The van der Waals surface area contributed by atoms with Crippen molar-refractivity contribution in [2.75, 3.05) is 17.4 Å². The molecule has 1 aliphatic heterocycles. The molecule has 7 heteroatoms. The highest BCUT2D eigenvalue weighted by Gasteiger charge is 2.13. The van der Waals surface area contributed by atoms with Gasteiger partial charge in [0.25, 0.3) is 0 Å². The van der Waals surface area contributed by atoms with Gasteiger partial charge in [0.05, 0.1) is 11.6 Å². The zero-order valence-corrected chi connectivity index (χ0v) is 13.1. The van der Waals surface area contributed by atoms with Crippen molar-refractivity contribution in [2.45, 2.75) is 0 Å². The second-order valence-corrected chi connectivity index (χ2v) is 5.30. The van der Waals surface area contributed by atoms with E-state index in [0.29, 0.717) is 22.9 Å². The Bertz CT molecular complexity index is 950. The van der Waals surface area contributed by atoms with Gasteiger partial charge in [-0.05, 0) is 36.4 Å². The molecule has 0 radical (unpaired) electrons. The van der Waals surface area contributed by atoms with Crippen LogP contribution in [0.2, 0.25) is 0 Å². The van der Waals surface area contributed by atoms with Crippen LogP contribution in [0.1, 0.15) is 5.56 Å². The normalized spacial score (nSPS) is 11.6. The monoisotopic (exact) mass is 331 g/mol. The van der Waals surface area contributed by atoms with Crippen LogP contribution in [0, 0.1) is 11.3 Å². The number of ether oxygens (including phenoxy) is 2. The van der Waals surface area contributed by atoms with E-state index in [1.54, 1.807) is 18.2 Å². The largest absolute Gasteiger partial charge is 0.454 e. The number of nitriles is 1. The quantitative estimate of drug-likeness (QED) is 0.755. The fraction of sp³-hybridized carbons (Fsp3) is 0.0556. The van der Waals surface area contributed by atoms with E-state index in [4.69, 9.17) is 14.7 Å². The highest BCUT2D eigenvalue weighted by atomic mass is 16.7. The van der Waals surface area contributed by atoms with Gasteiger partial charge in [-0.15, -0.1) is 0 Å². The Hall–Kier alpha value is -3.79. The molecule has 2 heterocycles. The van der Waals surface area contributed by atoms with E-state index < -0.39 is 0 Å². The minimum Gasteiger partial charge on any atom is -0.454 e. The molecule has 1 aromatic heterocycles. The van der Waals surface area contributed by atoms with E-state index in [2.05, 4.69) is 26.7 Å². The predicted octanol–water partition coefficient (Wildman–Crippen LogP) is 3.56. The molecule has 0 saturated heterocycles. The molecule has 0 saturated carbocycles. The van der Waals surface area contributed by atoms with E-state index >= 15 is 0 Å². The molecule has 2 N–H and O–H groups in total. The molecule has 0 spiro atoms. The lowest BCUT2D eigenvalue weighted by Gasteiger charge is -2.09. The molecule has 122 valence electrons. The first kappa shape index (κ1) is 14.8. The first-order chi connectivity index (χ1) is 12.3. The predicted molar refractivity (Wildman–Crippen MR) is 92.3 cm³/mol. The van der Waals surface area contributed by atoms with Crippen molar-refractivity contribution in [3.63, 3.8) is 0 Å². The van der Waals surface area contributed by atoms with Crippen molar-refractivity contribution in [1.29, 1.82) is 5.26 Å². The average Bonchev–Trinajstić information content (AvgIpc) is 3.10. The number of nitrogens with zero attached hydrogens (tertiary/aromatic N) is 3. The van der Waals surface area contributed by atoms with Crippen LogP contribution in [0.25, 0.3) is 0 Å². The molecule has 0 fully saturated rings. The number of benzene rings is 2. The van der Waals surface area contributed by atoms with Gasteiger partial charge < -0.3 is 20.1 Å². The maximum atomic E-state index is 8.84. The summed E-state index contributed by atoms with van der Waals surface area (Å²) in [5.41, 5.74) is 2.29. The lowest BCUT2D eigenvalue weighted by atomic mass is 10.2. The lowest BCUT2D eigenvalue weighted by molar-refractivity contribution is 0.174. The summed E-state index contributed by atoms with van der Waals surface area (Å²) >= 11 is 0. The van der Waals surface area contributed by atoms with Crippen LogP contribution in [-0.4, -0.2) is 16.8 Å². The minimum absolute atomic E-state index is 0.241. The standard InChI is InChI=1S/C18H13N5O2/c19-9-12-1-3-13(4-2-12)22-17-8-18(21-10-20-17)23-14-5-6-15-16(7-14)25-11-24-15/h1-8,10H,11H2,(H2,20,21,22,23). The van der Waals surface area contributed by atoms with Gasteiger partial charge >= 0.3 is 0 Å². The van der Waals surface area contributed by atoms with Crippen molar-refractivity contribution in [3.8, 4) is 17.6 Å². The van der Waals surface area contributed by atoms with Crippen LogP contribution in [0.15, 0.2) is 54.9 Å². The summed E-state index contributed by atoms with van der Waals surface area (Å²) in [4.78, 5) is 8.42. The topological polar surface area (TPSA) is 92.1 Å². The summed E-state index contributed by atoms with van der Waals surface area (Å²) in [6, 6.07) is 16.6. The fourth-order valence-electron chi connectivity index (χ4n) is 2.39. The molecule has 0 atom stereocenters. The Morgan fingerprint density at radius 3 is 2.28 bits per heavy atom. The Morgan fingerprint density at radius 1 is 0.840 bits per heavy atom. The summed E-state index contributed by atoms with van der Waals surface area (Å²) < 4.78 is 10.7. The summed E-state index contributed by atoms with van der Waals surface area (Å²) in [6.07, 6.45) is 1.47. The number of aromatic nitrogens is 2. The average molecular weight is 331 g/mol. The third-order valence-corrected chi connectivity index (χ3v) is 3.60. The molecule has 0 bridgehead atoms. The Morgan fingerprint density at radius 2 is 1.52 bits per heavy atom. The number of rotatable bonds is 4. The molecule has 0 aliphatic carbocycles. The van der Waals surface area contributed by atoms with Crippen molar-refractivity contribution < 1.29 is 9.47 Å². The number of anilines is 4. The number of fused-ring (bicyclic) bond motifs is 1. The third kappa shape index (κ3) is 3.28. The smallest absolute Gasteiger partial charge is 0.231 e. The Kier molecular flexibility index (Phi) is 3.77. The van der Waals surface area contributed by atoms with Gasteiger partial charge in [0.2, 0.25) is 6.79 Å². The highest BCUT2D eigenvalue weighted by molar-refractivity contribution is 5.65. The van der Waals surface area contributed by atoms with E-state index in [-0.39, 0.29) is 6.79 Å². The number of nitrogens with one attached hydrogen (secondary N) is 2. The van der Waals surface area contributed by atoms with Gasteiger partial charge in [-0.3, -0.25) is 0 Å². The second kappa shape index (κ2) is 6.37. The van der Waals surface area contributed by atoms with Crippen LogP contribution in [0.4, 0.5) is 23.0 Å². The van der Waals surface area contributed by atoms with Crippen LogP contribution in [0.3, 0.4) is 0 Å². The van der Waals surface area contributed by atoms with Crippen LogP contribution >= 0.6 is 0 Å². The molecule has 1 aliphatic rings. The number of hydrogen-bond acceptors (Lipinski definition) is 7. The molecule has 3 aromatic rings. The summed E-state index contributed by atoms with van der Waals surface area (Å²) in [7, 11) is 0. The second-order valence-electron chi connectivity index (χ2n) is 5.30. The van der Waals surface area contributed by atoms with Crippen LogP contribution in [0.5, 0.6) is 11.5 Å². The van der Waals surface area contributed by atoms with E-state index in [1.165, 1.54) is 6.33 Å². The maximum absolute atomic E-state index is 8.84. The fourth-order valence-corrected chi connectivity index (χ4v) is 2.39. The molecule has 2 aromatic carbocycles. The minimum atomic E-state index is 0.241. The first-order valence-corrected chi connectivity index (χ1v) is 7.56. The Labute approximate surface area is 143 Å². The summed E-state index contributed by atoms with van der Waals surface area (Å²) in [5, 5.41) is 15.2. The molecule has 0 unspecified atom stereocenters. The molecule has 7 nitrogen and oxygen atoms in total. The first-order valence-electron chi connectivity index (χ1n) is 7.56. The molecule has 4 rings (SSSR count). The molecule has 0 amide bonds. The van der Waals surface area contributed by atoms with Crippen molar-refractivity contribution in [2.24, 2.45) is 0 Å². The van der Waals surface area contributed by atoms with Crippen molar-refractivity contribution in [3.05, 3.63) is 60.4 Å². The van der Waals surface area contributed by atoms with Gasteiger partial charge in [0.15, 0.2) is 11.5 Å². The molecular formula is C18H13N5O2. The zero-order valence-electron chi connectivity index (χ0n) is 13.1. The third-order valence-electron chi connectivity index (χ3n) is 3.60. The van der Waals surface area contributed by atoms with Gasteiger partial charge in [0.1, 0.15) is 18.0 Å². The number of hydrogen-bond donors (Lipinski definition) is 2. The van der Waals surface area contributed by atoms with Gasteiger partial charge in [0, 0.05) is 23.5 Å². The summed E-state index contributed by atoms with van der Waals surface area (Å²) in [6.45, 7) is 0.241. The SMILES string of the molecule is N#Cc1ccc(Nc2cc(Nc3ccc4c(c3)OCO4)ncn2)cc1.